The fourth-order valence-corrected chi connectivity index (χ4v) is 12.1. The molecule has 4 aliphatic rings. The van der Waals surface area contributed by atoms with Gasteiger partial charge in [0.2, 0.25) is 23.8 Å². The van der Waals surface area contributed by atoms with Gasteiger partial charge in [-0.15, -0.1) is 0 Å². The van der Waals surface area contributed by atoms with Gasteiger partial charge in [0.1, 0.15) is 29.6 Å². The van der Waals surface area contributed by atoms with Crippen molar-refractivity contribution in [3.8, 4) is 68.0 Å². The largest absolute Gasteiger partial charge is 0.493 e. The Kier molecular flexibility index (Phi) is 29.4. The van der Waals surface area contributed by atoms with Crippen molar-refractivity contribution < 1.29 is 37.9 Å². The molecule has 16 rings (SSSR count). The maximum absolute atomic E-state index is 5.99. The molecule has 580 valence electrons. The highest BCUT2D eigenvalue weighted by Crippen LogP contribution is 2.31. The van der Waals surface area contributed by atoms with Crippen LogP contribution in [0, 0.1) is 0 Å². The number of hydrogen-bond acceptors (Lipinski definition) is 23. The molecule has 0 fully saturated rings. The first-order valence-electron chi connectivity index (χ1n) is 38.0. The van der Waals surface area contributed by atoms with Gasteiger partial charge in [0.15, 0.2) is 0 Å². The van der Waals surface area contributed by atoms with Gasteiger partial charge < -0.3 is 69.0 Å². The highest BCUT2D eigenvalue weighted by atomic mass is 16.5. The fraction of sp³-hybridized carbons (Fsp3) is 0.220. The van der Waals surface area contributed by atoms with E-state index in [0.717, 1.165) is 151 Å². The quantitative estimate of drug-likeness (QED) is 0.120. The summed E-state index contributed by atoms with van der Waals surface area (Å²) < 4.78 is 46.4. The Morgan fingerprint density at radius 3 is 1.19 bits per heavy atom. The Morgan fingerprint density at radius 1 is 0.325 bits per heavy atom. The van der Waals surface area contributed by atoms with Gasteiger partial charge in [-0.25, -0.2) is 39.9 Å². The number of nitrogens with one attached hydrogen (secondary N) is 4. The number of benzene rings is 7. The average molecular weight is 1520 g/mol. The molecular weight excluding hydrogens is 1430 g/mol. The van der Waals surface area contributed by atoms with Gasteiger partial charge in [-0.3, -0.25) is 4.98 Å². The molecule has 0 atom stereocenters. The van der Waals surface area contributed by atoms with Gasteiger partial charge in [0, 0.05) is 120 Å². The highest BCUT2D eigenvalue weighted by molar-refractivity contribution is 5.69. The third-order valence-electron chi connectivity index (χ3n) is 17.8. The van der Waals surface area contributed by atoms with Gasteiger partial charge in [0.05, 0.1) is 95.5 Å². The van der Waals surface area contributed by atoms with Crippen molar-refractivity contribution in [3.63, 3.8) is 0 Å². The van der Waals surface area contributed by atoms with Gasteiger partial charge in [0.25, 0.3) is 0 Å². The van der Waals surface area contributed by atoms with Crippen LogP contribution >= 0.6 is 0 Å². The van der Waals surface area contributed by atoms with Gasteiger partial charge in [-0.2, -0.15) is 0 Å². The lowest BCUT2D eigenvalue weighted by molar-refractivity contribution is 0.140. The van der Waals surface area contributed by atoms with E-state index >= 15 is 0 Å². The van der Waals surface area contributed by atoms with E-state index in [9.17, 15) is 0 Å². The predicted octanol–water partition coefficient (Wildman–Crippen LogP) is 18.0. The average Bonchev–Trinajstić information content (AvgIpc) is 0.950. The van der Waals surface area contributed by atoms with E-state index in [1.54, 1.807) is 37.2 Å². The first-order valence-corrected chi connectivity index (χ1v) is 38.0. The first-order chi connectivity index (χ1) is 56.2. The highest BCUT2D eigenvalue weighted by Gasteiger charge is 2.15. The molecule has 114 heavy (non-hydrogen) atoms. The first kappa shape index (κ1) is 79.1. The Balaban J connectivity index is 0.000000133. The molecule has 24 bridgehead atoms. The molecule has 0 radical (unpaired) electrons. The summed E-state index contributed by atoms with van der Waals surface area (Å²) in [4.78, 5) is 44.8. The number of nitrogens with zero attached hydrogens (tertiary/aromatic N) is 11. The molecule has 23 heteroatoms. The van der Waals surface area contributed by atoms with E-state index in [4.69, 9.17) is 42.9 Å². The molecular formula is C91H93N15O8. The Bertz CT molecular complexity index is 5040. The Morgan fingerprint density at radius 2 is 0.719 bits per heavy atom. The van der Waals surface area contributed by atoms with Crippen LogP contribution in [-0.4, -0.2) is 137 Å². The molecule has 9 heterocycles. The van der Waals surface area contributed by atoms with Crippen LogP contribution in [-0.2, 0) is 45.4 Å². The maximum atomic E-state index is 5.99. The maximum Gasteiger partial charge on any atom is 0.227 e. The lowest BCUT2D eigenvalue weighted by Crippen LogP contribution is -2.29. The second kappa shape index (κ2) is 42.4. The zero-order chi connectivity index (χ0) is 78.0. The number of ether oxygens (including phenoxy) is 8. The Labute approximate surface area is 665 Å². The van der Waals surface area contributed by atoms with E-state index in [1.165, 1.54) is 0 Å². The van der Waals surface area contributed by atoms with Gasteiger partial charge in [-0.05, 0) is 171 Å². The van der Waals surface area contributed by atoms with Gasteiger partial charge >= 0.3 is 0 Å². The van der Waals surface area contributed by atoms with Crippen molar-refractivity contribution in [2.45, 2.75) is 45.7 Å². The minimum absolute atomic E-state index is 0.493. The van der Waals surface area contributed by atoms with E-state index in [2.05, 4.69) is 141 Å². The van der Waals surface area contributed by atoms with Crippen LogP contribution in [0.25, 0.3) is 45.0 Å². The molecule has 0 saturated carbocycles. The number of rotatable bonds is 4. The van der Waals surface area contributed by atoms with Crippen LogP contribution < -0.4 is 45.1 Å². The summed E-state index contributed by atoms with van der Waals surface area (Å²) in [6.07, 6.45) is 29.4. The monoisotopic (exact) mass is 1520 g/mol. The van der Waals surface area contributed by atoms with E-state index in [1.807, 2.05) is 194 Å². The predicted molar refractivity (Wildman–Crippen MR) is 449 cm³/mol. The normalized spacial score (nSPS) is 15.3. The minimum atomic E-state index is 0.493. The summed E-state index contributed by atoms with van der Waals surface area (Å²) in [5, 5.41) is 13.1. The summed E-state index contributed by atoms with van der Waals surface area (Å²) in [6, 6.07) is 63.7. The molecule has 0 unspecified atom stereocenters. The number of anilines is 9. The molecule has 5 aromatic heterocycles. The smallest absolute Gasteiger partial charge is 0.227 e. The molecule has 0 amide bonds. The molecule has 7 aromatic carbocycles. The topological polar surface area (TPSA) is 244 Å². The summed E-state index contributed by atoms with van der Waals surface area (Å²) in [7, 11) is 6.30. The summed E-state index contributed by atoms with van der Waals surface area (Å²) >= 11 is 0. The molecule has 0 aliphatic carbocycles. The van der Waals surface area contributed by atoms with Crippen LogP contribution in [0.3, 0.4) is 0 Å². The fourth-order valence-electron chi connectivity index (χ4n) is 12.1. The van der Waals surface area contributed by atoms with Crippen molar-refractivity contribution in [2.24, 2.45) is 0 Å². The molecule has 4 N–H and O–H groups in total. The standard InChI is InChI=1S/C27H33N5O2.C22H21N3O2.C21H20N4O2.C21H19N3O2/c1-31(2)14-15-32(3)26-11-10-23-18-22(26)20-33-16-5-4-6-17-34-24-9-7-8-21(19-24)25-12-13-28-27(29-23)30-25;1-2-12-26-16-17-6-4-8-19(14-17)24-22-23-11-10-21(25-22)18-7-5-9-20(15-18)27-13-3-1;1-2-9-27-15-17-10-18(13-22-12-17)20-6-7-23-21(25-20)24-19-5-3-4-16(11-19)14-26-8-1;1-2-12-25-18-8-4-6-16(14-18)20-10-11-22-21(24-20)23-17-7-5-9-19(15-17)26-13-3-1/h4-5,7-13,18-19H,6,14-17,20H2,1-3H3,(H,28,29,30);1-2,4-11,14-15H,3,12-13,16H2,(H,23,24,25);1-7,10-13H,8-9,14-15H2,(H,23,24,25);1,3-11,14-15H,2,12-13H2,(H,22,23,24)/b5-4+;2*2-1+;3-1-. The summed E-state index contributed by atoms with van der Waals surface area (Å²) in [5.74, 6) is 5.47. The summed E-state index contributed by atoms with van der Waals surface area (Å²) in [6.45, 7) is 8.59. The van der Waals surface area contributed by atoms with Crippen LogP contribution in [0.2, 0.25) is 0 Å². The molecule has 4 aliphatic heterocycles. The number of fused-ring (bicyclic) bond motifs is 28. The van der Waals surface area contributed by atoms with Crippen LogP contribution in [0.1, 0.15) is 41.5 Å². The van der Waals surface area contributed by atoms with Crippen molar-refractivity contribution >= 4 is 52.2 Å². The van der Waals surface area contributed by atoms with E-state index < -0.39 is 0 Å². The van der Waals surface area contributed by atoms with Gasteiger partial charge in [-0.1, -0.05) is 115 Å². The van der Waals surface area contributed by atoms with Crippen molar-refractivity contribution in [1.82, 2.24) is 49.8 Å². The summed E-state index contributed by atoms with van der Waals surface area (Å²) in [5.41, 5.74) is 16.4. The minimum Gasteiger partial charge on any atom is -0.493 e. The molecule has 23 nitrogen and oxygen atoms in total. The number of hydrogen-bond donors (Lipinski definition) is 4. The number of likely N-dealkylation sites (N-methyl/N-ethyl adjacent to an activating group) is 2. The third kappa shape index (κ3) is 25.2. The number of pyridine rings is 1. The third-order valence-corrected chi connectivity index (χ3v) is 17.8. The van der Waals surface area contributed by atoms with Crippen LogP contribution in [0.4, 0.5) is 52.2 Å². The zero-order valence-corrected chi connectivity index (χ0v) is 64.3. The SMILES string of the molecule is C1=C/COCc2cccc(c2)Nc2nccc(n2)-c2cccc(c2)OCC/1.C1=C/COCc2cncc(c2)-c2ccnc(n2)Nc2cccc(c2)COC/1.C1=C\COc2cccc(c2)Nc2nccc(n2)-c2cccc(c2)OCC/1.CN(C)CCN(C)c1ccc2cc1COC/C=C/CCOc1cccc(c1)-c1ccnc(n1)N2. The molecule has 0 spiro atoms. The second-order valence-corrected chi connectivity index (χ2v) is 26.9. The second-order valence-electron chi connectivity index (χ2n) is 26.9. The van der Waals surface area contributed by atoms with Crippen molar-refractivity contribution in [2.75, 3.05) is 113 Å². The lowest BCUT2D eigenvalue weighted by atomic mass is 10.1. The molecule has 12 aromatic rings. The number of aromatic nitrogens is 9. The van der Waals surface area contributed by atoms with E-state index in [0.29, 0.717) is 103 Å². The zero-order valence-electron chi connectivity index (χ0n) is 64.3. The Hall–Kier alpha value is -13.0. The molecule has 0 saturated heterocycles. The van der Waals surface area contributed by atoms with E-state index in [-0.39, 0.29) is 0 Å². The lowest BCUT2D eigenvalue weighted by Gasteiger charge is -2.25. The van der Waals surface area contributed by atoms with Crippen LogP contribution in [0.5, 0.6) is 23.0 Å². The van der Waals surface area contributed by atoms with Crippen LogP contribution in [0.15, 0.2) is 280 Å². The van der Waals surface area contributed by atoms with Crippen molar-refractivity contribution in [1.29, 1.82) is 0 Å². The van der Waals surface area contributed by atoms with Crippen molar-refractivity contribution in [3.05, 3.63) is 302 Å².